The molecule has 0 atom stereocenters. The van der Waals surface area contributed by atoms with Crippen molar-refractivity contribution in [3.63, 3.8) is 0 Å². The molecular formula is C15H23N3O3. The van der Waals surface area contributed by atoms with Gasteiger partial charge in [0.25, 0.3) is 5.91 Å². The van der Waals surface area contributed by atoms with E-state index in [0.29, 0.717) is 24.3 Å². The highest BCUT2D eigenvalue weighted by atomic mass is 16.5. The van der Waals surface area contributed by atoms with Crippen LogP contribution in [0.4, 0.5) is 0 Å². The van der Waals surface area contributed by atoms with E-state index in [2.05, 4.69) is 17.4 Å². The normalized spacial score (nSPS) is 11.4. The van der Waals surface area contributed by atoms with Crippen LogP contribution in [0.3, 0.4) is 0 Å². The first kappa shape index (κ1) is 17.0. The summed E-state index contributed by atoms with van der Waals surface area (Å²) < 4.78 is 5.41. The number of amidine groups is 1. The SMILES string of the molecule is CCCCOCCCNC(=O)c1ccc(/C(N)=N/O)cc1. The van der Waals surface area contributed by atoms with Crippen molar-refractivity contribution in [2.45, 2.75) is 26.2 Å². The summed E-state index contributed by atoms with van der Waals surface area (Å²) in [6.07, 6.45) is 2.98. The van der Waals surface area contributed by atoms with Crippen LogP contribution in [0.1, 0.15) is 42.1 Å². The number of hydrogen-bond acceptors (Lipinski definition) is 4. The Kier molecular flexibility index (Phi) is 7.89. The molecule has 6 nitrogen and oxygen atoms in total. The average molecular weight is 293 g/mol. The second-order valence-electron chi connectivity index (χ2n) is 4.64. The average Bonchev–Trinajstić information content (AvgIpc) is 2.53. The number of nitrogens with two attached hydrogens (primary N) is 1. The lowest BCUT2D eigenvalue weighted by molar-refractivity contribution is 0.0940. The van der Waals surface area contributed by atoms with E-state index in [-0.39, 0.29) is 11.7 Å². The second-order valence-corrected chi connectivity index (χ2v) is 4.64. The molecule has 0 unspecified atom stereocenters. The van der Waals surface area contributed by atoms with Gasteiger partial charge in [0.15, 0.2) is 5.84 Å². The van der Waals surface area contributed by atoms with Crippen LogP contribution in [0.5, 0.6) is 0 Å². The van der Waals surface area contributed by atoms with Crippen molar-refractivity contribution in [3.8, 4) is 0 Å². The summed E-state index contributed by atoms with van der Waals surface area (Å²) in [5.74, 6) is -0.124. The predicted octanol–water partition coefficient (Wildman–Crippen LogP) is 1.72. The molecule has 0 bridgehead atoms. The fourth-order valence-electron chi connectivity index (χ4n) is 1.68. The first-order chi connectivity index (χ1) is 10.2. The summed E-state index contributed by atoms with van der Waals surface area (Å²) in [4.78, 5) is 11.9. The van der Waals surface area contributed by atoms with E-state index < -0.39 is 0 Å². The molecule has 0 heterocycles. The Bertz CT molecular complexity index is 458. The van der Waals surface area contributed by atoms with Crippen LogP contribution in [0.15, 0.2) is 29.4 Å². The number of ether oxygens (including phenoxy) is 1. The van der Waals surface area contributed by atoms with E-state index in [4.69, 9.17) is 15.7 Å². The molecular weight excluding hydrogens is 270 g/mol. The van der Waals surface area contributed by atoms with E-state index in [0.717, 1.165) is 25.9 Å². The van der Waals surface area contributed by atoms with Crippen molar-refractivity contribution in [2.75, 3.05) is 19.8 Å². The number of carbonyl (C=O) groups excluding carboxylic acids is 1. The molecule has 21 heavy (non-hydrogen) atoms. The minimum absolute atomic E-state index is 0.0196. The third kappa shape index (κ3) is 6.27. The van der Waals surface area contributed by atoms with Crippen LogP contribution < -0.4 is 11.1 Å². The fourth-order valence-corrected chi connectivity index (χ4v) is 1.68. The van der Waals surface area contributed by atoms with E-state index >= 15 is 0 Å². The summed E-state index contributed by atoms with van der Waals surface area (Å²) in [7, 11) is 0. The molecule has 1 rings (SSSR count). The Morgan fingerprint density at radius 3 is 2.48 bits per heavy atom. The zero-order valence-electron chi connectivity index (χ0n) is 12.3. The maximum Gasteiger partial charge on any atom is 0.251 e. The molecule has 0 aliphatic carbocycles. The largest absolute Gasteiger partial charge is 0.409 e. The van der Waals surface area contributed by atoms with Crippen molar-refractivity contribution in [2.24, 2.45) is 10.9 Å². The summed E-state index contributed by atoms with van der Waals surface area (Å²) in [6, 6.07) is 6.55. The van der Waals surface area contributed by atoms with E-state index in [1.54, 1.807) is 24.3 Å². The number of rotatable bonds is 9. The lowest BCUT2D eigenvalue weighted by Gasteiger charge is -2.06. The summed E-state index contributed by atoms with van der Waals surface area (Å²) in [5.41, 5.74) is 6.56. The smallest absolute Gasteiger partial charge is 0.251 e. The topological polar surface area (TPSA) is 96.9 Å². The number of nitrogens with zero attached hydrogens (tertiary/aromatic N) is 1. The van der Waals surface area contributed by atoms with E-state index in [9.17, 15) is 4.79 Å². The third-order valence-electron chi connectivity index (χ3n) is 2.94. The van der Waals surface area contributed by atoms with Crippen LogP contribution in [0.2, 0.25) is 0 Å². The van der Waals surface area contributed by atoms with Gasteiger partial charge in [-0.25, -0.2) is 0 Å². The van der Waals surface area contributed by atoms with Crippen LogP contribution in [0.25, 0.3) is 0 Å². The summed E-state index contributed by atoms with van der Waals surface area (Å²) in [6.45, 7) is 4.13. The summed E-state index contributed by atoms with van der Waals surface area (Å²) >= 11 is 0. The molecule has 1 amide bonds. The molecule has 1 aromatic rings. The minimum atomic E-state index is -0.144. The van der Waals surface area contributed by atoms with Gasteiger partial charge in [0.05, 0.1) is 0 Å². The van der Waals surface area contributed by atoms with Gasteiger partial charge in [-0.15, -0.1) is 0 Å². The third-order valence-corrected chi connectivity index (χ3v) is 2.94. The quantitative estimate of drug-likeness (QED) is 0.212. The number of carbonyl (C=O) groups is 1. The molecule has 0 aliphatic heterocycles. The van der Waals surface area contributed by atoms with Crippen molar-refractivity contribution >= 4 is 11.7 Å². The van der Waals surface area contributed by atoms with Gasteiger partial charge in [0.1, 0.15) is 0 Å². The molecule has 0 radical (unpaired) electrons. The number of oxime groups is 1. The predicted molar refractivity (Wildman–Crippen MR) is 81.6 cm³/mol. The number of unbranched alkanes of at least 4 members (excludes halogenated alkanes) is 1. The fraction of sp³-hybridized carbons (Fsp3) is 0.467. The van der Waals surface area contributed by atoms with Crippen LogP contribution in [-0.4, -0.2) is 36.7 Å². The lowest BCUT2D eigenvalue weighted by Crippen LogP contribution is -2.25. The number of benzene rings is 1. The zero-order chi connectivity index (χ0) is 15.5. The Morgan fingerprint density at radius 2 is 1.86 bits per heavy atom. The Hall–Kier alpha value is -2.08. The van der Waals surface area contributed by atoms with Crippen molar-refractivity contribution in [3.05, 3.63) is 35.4 Å². The van der Waals surface area contributed by atoms with Crippen molar-refractivity contribution < 1.29 is 14.7 Å². The monoisotopic (exact) mass is 293 g/mol. The van der Waals surface area contributed by atoms with Crippen LogP contribution in [-0.2, 0) is 4.74 Å². The molecule has 4 N–H and O–H groups in total. The molecule has 0 spiro atoms. The minimum Gasteiger partial charge on any atom is -0.409 e. The standard InChI is InChI=1S/C15H23N3O3/c1-2-3-10-21-11-4-9-17-15(19)13-7-5-12(6-8-13)14(16)18-20/h5-8,20H,2-4,9-11H2,1H3,(H2,16,18)(H,17,19). The van der Waals surface area contributed by atoms with Gasteiger partial charge in [-0.1, -0.05) is 30.6 Å². The highest BCUT2D eigenvalue weighted by Gasteiger charge is 2.05. The van der Waals surface area contributed by atoms with Gasteiger partial charge in [0, 0.05) is 30.9 Å². The molecule has 116 valence electrons. The molecule has 0 saturated heterocycles. The first-order valence-corrected chi connectivity index (χ1v) is 7.13. The van der Waals surface area contributed by atoms with E-state index in [1.165, 1.54) is 0 Å². The highest BCUT2D eigenvalue weighted by molar-refractivity contribution is 5.99. The Morgan fingerprint density at radius 1 is 1.24 bits per heavy atom. The molecule has 0 aromatic heterocycles. The molecule has 0 aliphatic rings. The zero-order valence-corrected chi connectivity index (χ0v) is 12.3. The van der Waals surface area contributed by atoms with E-state index in [1.807, 2.05) is 0 Å². The molecule has 6 heteroatoms. The van der Waals surface area contributed by atoms with Gasteiger partial charge in [0.2, 0.25) is 0 Å². The molecule has 0 fully saturated rings. The summed E-state index contributed by atoms with van der Waals surface area (Å²) in [5, 5.41) is 14.3. The van der Waals surface area contributed by atoms with Gasteiger partial charge in [-0.05, 0) is 25.0 Å². The highest BCUT2D eigenvalue weighted by Crippen LogP contribution is 2.04. The maximum absolute atomic E-state index is 11.9. The van der Waals surface area contributed by atoms with Gasteiger partial charge < -0.3 is 21.0 Å². The Balaban J connectivity index is 2.29. The molecule has 1 aromatic carbocycles. The first-order valence-electron chi connectivity index (χ1n) is 7.13. The lowest BCUT2D eigenvalue weighted by atomic mass is 10.1. The number of amides is 1. The Labute approximate surface area is 125 Å². The van der Waals surface area contributed by atoms with Crippen LogP contribution >= 0.6 is 0 Å². The number of hydrogen-bond donors (Lipinski definition) is 3. The van der Waals surface area contributed by atoms with Crippen LogP contribution in [0, 0.1) is 0 Å². The number of nitrogens with one attached hydrogen (secondary N) is 1. The van der Waals surface area contributed by atoms with Gasteiger partial charge in [-0.2, -0.15) is 0 Å². The van der Waals surface area contributed by atoms with Crippen molar-refractivity contribution in [1.82, 2.24) is 5.32 Å². The molecule has 0 saturated carbocycles. The second kappa shape index (κ2) is 9.77. The maximum atomic E-state index is 11.9. The van der Waals surface area contributed by atoms with Gasteiger partial charge in [-0.3, -0.25) is 4.79 Å². The van der Waals surface area contributed by atoms with Gasteiger partial charge >= 0.3 is 0 Å². The van der Waals surface area contributed by atoms with Crippen molar-refractivity contribution in [1.29, 1.82) is 0 Å².